The third kappa shape index (κ3) is 11.2. The Morgan fingerprint density at radius 3 is 2.13 bits per heavy atom. The van der Waals surface area contributed by atoms with Crippen LogP contribution in [0.1, 0.15) is 27.2 Å². The summed E-state index contributed by atoms with van der Waals surface area (Å²) < 4.78 is 0. The molecule has 0 spiro atoms. The highest BCUT2D eigenvalue weighted by Gasteiger charge is 1.97. The quantitative estimate of drug-likeness (QED) is 0.655. The monoisotopic (exact) mass is 215 g/mol. The van der Waals surface area contributed by atoms with E-state index in [1.807, 2.05) is 20.9 Å². The maximum atomic E-state index is 3.94. The Balaban J connectivity index is 0. The molecular weight excluding hydrogens is 186 g/mol. The average Bonchev–Trinajstić information content (AvgIpc) is 2.25. The van der Waals surface area contributed by atoms with Crippen LogP contribution in [0.25, 0.3) is 0 Å². The summed E-state index contributed by atoms with van der Waals surface area (Å²) in [7, 11) is 6.22. The fourth-order valence-electron chi connectivity index (χ4n) is 0.954. The molecule has 0 saturated carbocycles. The van der Waals surface area contributed by atoms with Crippen LogP contribution in [0.3, 0.4) is 0 Å². The highest BCUT2D eigenvalue weighted by atomic mass is 15.2. The van der Waals surface area contributed by atoms with E-state index in [0.717, 1.165) is 31.9 Å². The summed E-state index contributed by atoms with van der Waals surface area (Å²) in [6, 6.07) is 0. The molecule has 92 valence electrons. The normalized spacial score (nSPS) is 9.27. The van der Waals surface area contributed by atoms with Crippen LogP contribution in [0.15, 0.2) is 12.4 Å². The van der Waals surface area contributed by atoms with Crippen molar-refractivity contribution < 1.29 is 0 Å². The summed E-state index contributed by atoms with van der Waals surface area (Å²) in [4.78, 5) is 4.30. The SMILES string of the molecule is C=C(NCCCN(C)C)N(C)CC.CC. The second-order valence-electron chi connectivity index (χ2n) is 3.54. The fourth-order valence-corrected chi connectivity index (χ4v) is 0.954. The zero-order valence-corrected chi connectivity index (χ0v) is 11.4. The first kappa shape index (κ1) is 16.7. The molecule has 1 N–H and O–H groups in total. The molecule has 0 heterocycles. The van der Waals surface area contributed by atoms with Crippen LogP contribution >= 0.6 is 0 Å². The number of rotatable bonds is 7. The number of nitrogens with one attached hydrogen (secondary N) is 1. The van der Waals surface area contributed by atoms with Crippen LogP contribution in [0.2, 0.25) is 0 Å². The maximum absolute atomic E-state index is 3.94. The van der Waals surface area contributed by atoms with Crippen molar-refractivity contribution in [2.24, 2.45) is 0 Å². The smallest absolute Gasteiger partial charge is 0.0936 e. The molecule has 0 saturated heterocycles. The van der Waals surface area contributed by atoms with E-state index in [0.29, 0.717) is 0 Å². The van der Waals surface area contributed by atoms with Crippen molar-refractivity contribution in [3.05, 3.63) is 12.4 Å². The molecule has 0 aliphatic heterocycles. The average molecular weight is 215 g/mol. The van der Waals surface area contributed by atoms with Crippen molar-refractivity contribution in [1.29, 1.82) is 0 Å². The number of hydrogen-bond donors (Lipinski definition) is 1. The highest BCUT2D eigenvalue weighted by molar-refractivity contribution is 4.88. The summed E-state index contributed by atoms with van der Waals surface area (Å²) in [5.41, 5.74) is 0. The van der Waals surface area contributed by atoms with Crippen LogP contribution in [0, 0.1) is 0 Å². The van der Waals surface area contributed by atoms with Crippen molar-refractivity contribution in [3.63, 3.8) is 0 Å². The lowest BCUT2D eigenvalue weighted by Gasteiger charge is -2.21. The van der Waals surface area contributed by atoms with Gasteiger partial charge in [0.15, 0.2) is 0 Å². The topological polar surface area (TPSA) is 18.5 Å². The molecule has 3 heteroatoms. The zero-order valence-electron chi connectivity index (χ0n) is 11.4. The summed E-state index contributed by atoms with van der Waals surface area (Å²) in [5.74, 6) is 1.02. The van der Waals surface area contributed by atoms with Crippen molar-refractivity contribution in [1.82, 2.24) is 15.1 Å². The van der Waals surface area contributed by atoms with Crippen LogP contribution in [0.5, 0.6) is 0 Å². The summed E-state index contributed by atoms with van der Waals surface area (Å²) in [5, 5.41) is 3.29. The van der Waals surface area contributed by atoms with Gasteiger partial charge in [-0.05, 0) is 34.0 Å². The Labute approximate surface area is 96.1 Å². The minimum Gasteiger partial charge on any atom is -0.372 e. The maximum Gasteiger partial charge on any atom is 0.0936 e. The van der Waals surface area contributed by atoms with E-state index in [1.54, 1.807) is 0 Å². The summed E-state index contributed by atoms with van der Waals surface area (Å²) >= 11 is 0. The highest BCUT2D eigenvalue weighted by Crippen LogP contribution is 1.92. The Morgan fingerprint density at radius 2 is 1.73 bits per heavy atom. The summed E-state index contributed by atoms with van der Waals surface area (Å²) in [6.07, 6.45) is 1.16. The predicted molar refractivity (Wildman–Crippen MR) is 70.0 cm³/mol. The first-order valence-corrected chi connectivity index (χ1v) is 5.86. The van der Waals surface area contributed by atoms with Gasteiger partial charge in [-0.25, -0.2) is 0 Å². The van der Waals surface area contributed by atoms with E-state index in [4.69, 9.17) is 0 Å². The number of hydrogen-bond acceptors (Lipinski definition) is 3. The van der Waals surface area contributed by atoms with E-state index in [2.05, 4.69) is 42.7 Å². The first-order chi connectivity index (χ1) is 7.07. The molecule has 0 aliphatic carbocycles. The Morgan fingerprint density at radius 1 is 1.20 bits per heavy atom. The molecule has 0 fully saturated rings. The lowest BCUT2D eigenvalue weighted by atomic mass is 10.4. The van der Waals surface area contributed by atoms with E-state index in [-0.39, 0.29) is 0 Å². The van der Waals surface area contributed by atoms with Gasteiger partial charge in [0.25, 0.3) is 0 Å². The van der Waals surface area contributed by atoms with Gasteiger partial charge in [0.2, 0.25) is 0 Å². The lowest BCUT2D eigenvalue weighted by Crippen LogP contribution is -2.29. The van der Waals surface area contributed by atoms with Crippen LogP contribution < -0.4 is 5.32 Å². The van der Waals surface area contributed by atoms with Gasteiger partial charge in [0.1, 0.15) is 0 Å². The van der Waals surface area contributed by atoms with Crippen molar-refractivity contribution in [2.75, 3.05) is 40.8 Å². The summed E-state index contributed by atoms with van der Waals surface area (Å²) in [6.45, 7) is 13.2. The van der Waals surface area contributed by atoms with E-state index < -0.39 is 0 Å². The van der Waals surface area contributed by atoms with Crippen LogP contribution in [0.4, 0.5) is 0 Å². The van der Waals surface area contributed by atoms with Gasteiger partial charge in [0, 0.05) is 20.1 Å². The molecule has 0 rings (SSSR count). The van der Waals surface area contributed by atoms with Crippen LogP contribution in [-0.4, -0.2) is 50.6 Å². The van der Waals surface area contributed by atoms with Crippen LogP contribution in [-0.2, 0) is 0 Å². The van der Waals surface area contributed by atoms with Gasteiger partial charge < -0.3 is 15.1 Å². The molecular formula is C12H29N3. The third-order valence-electron chi connectivity index (χ3n) is 2.05. The predicted octanol–water partition coefficient (Wildman–Crippen LogP) is 1.98. The molecule has 0 bridgehead atoms. The van der Waals surface area contributed by atoms with E-state index >= 15 is 0 Å². The molecule has 3 nitrogen and oxygen atoms in total. The Bertz CT molecular complexity index is 144. The Hall–Kier alpha value is -0.700. The minimum absolute atomic E-state index is 1.000. The molecule has 15 heavy (non-hydrogen) atoms. The zero-order chi connectivity index (χ0) is 12.3. The molecule has 0 atom stereocenters. The van der Waals surface area contributed by atoms with E-state index in [1.165, 1.54) is 0 Å². The largest absolute Gasteiger partial charge is 0.372 e. The first-order valence-electron chi connectivity index (χ1n) is 5.86. The Kier molecular flexibility index (Phi) is 12.7. The molecule has 0 unspecified atom stereocenters. The minimum atomic E-state index is 1.000. The third-order valence-corrected chi connectivity index (χ3v) is 2.05. The van der Waals surface area contributed by atoms with Crippen molar-refractivity contribution in [2.45, 2.75) is 27.2 Å². The molecule has 0 aromatic carbocycles. The molecule has 0 amide bonds. The van der Waals surface area contributed by atoms with Crippen molar-refractivity contribution in [3.8, 4) is 0 Å². The fraction of sp³-hybridized carbons (Fsp3) is 0.833. The van der Waals surface area contributed by atoms with Gasteiger partial charge in [-0.2, -0.15) is 0 Å². The second kappa shape index (κ2) is 11.4. The van der Waals surface area contributed by atoms with Gasteiger partial charge in [-0.15, -0.1) is 0 Å². The van der Waals surface area contributed by atoms with Gasteiger partial charge in [-0.3, -0.25) is 0 Å². The van der Waals surface area contributed by atoms with E-state index in [9.17, 15) is 0 Å². The second-order valence-corrected chi connectivity index (χ2v) is 3.54. The van der Waals surface area contributed by atoms with Gasteiger partial charge >= 0.3 is 0 Å². The molecule has 0 aliphatic rings. The molecule has 0 radical (unpaired) electrons. The van der Waals surface area contributed by atoms with Crippen molar-refractivity contribution >= 4 is 0 Å². The standard InChI is InChI=1S/C10H23N3.C2H6/c1-6-13(5)10(2)11-8-7-9-12(3)4;1-2/h11H,2,6-9H2,1,3-5H3;1-2H3. The van der Waals surface area contributed by atoms with Gasteiger partial charge in [0.05, 0.1) is 5.82 Å². The molecule has 0 aromatic rings. The molecule has 0 aromatic heterocycles. The number of nitrogens with zero attached hydrogens (tertiary/aromatic N) is 2. The van der Waals surface area contributed by atoms with Gasteiger partial charge in [-0.1, -0.05) is 20.4 Å². The lowest BCUT2D eigenvalue weighted by molar-refractivity contribution is 0.376.